The highest BCUT2D eigenvalue weighted by atomic mass is 35.5. The first-order valence-corrected chi connectivity index (χ1v) is 10.9. The van der Waals surface area contributed by atoms with Crippen LogP contribution in [0.5, 0.6) is 0 Å². The number of fused-ring (bicyclic) bond motifs is 1. The Labute approximate surface area is 182 Å². The third-order valence-corrected chi connectivity index (χ3v) is 5.78. The first kappa shape index (κ1) is 20.4. The number of nitrogens with one attached hydrogen (secondary N) is 2. The molecule has 30 heavy (non-hydrogen) atoms. The van der Waals surface area contributed by atoms with Gasteiger partial charge in [-0.1, -0.05) is 79.1 Å². The molecule has 0 saturated heterocycles. The number of H-pyrrole nitrogens is 1. The van der Waals surface area contributed by atoms with Gasteiger partial charge in [-0.25, -0.2) is 0 Å². The van der Waals surface area contributed by atoms with E-state index in [1.165, 1.54) is 12.8 Å². The fraction of sp³-hybridized carbons (Fsp3) is 0.280. The van der Waals surface area contributed by atoms with Crippen molar-refractivity contribution < 1.29 is 4.79 Å². The zero-order chi connectivity index (χ0) is 20.8. The maximum atomic E-state index is 13.2. The van der Waals surface area contributed by atoms with Gasteiger partial charge in [0.05, 0.1) is 6.04 Å². The van der Waals surface area contributed by atoms with E-state index in [9.17, 15) is 4.79 Å². The standard InChI is InChI=1S/C25H26ClN3O/c26-20-12-8-9-18(17-20)15-16-22(19-10-4-3-5-11-19)27-25(30)24-21-13-6-1-2-7-14-23(21)28-29-24/h3-5,8-12,15-17,22H,1-2,6-7,13-14H2,(H,27,30)(H,28,29)/t22-/m1/s1. The molecule has 0 saturated carbocycles. The van der Waals surface area contributed by atoms with Crippen molar-refractivity contribution in [3.63, 3.8) is 0 Å². The second-order valence-electron chi connectivity index (χ2n) is 7.72. The Morgan fingerprint density at radius 3 is 2.63 bits per heavy atom. The number of amides is 1. The summed E-state index contributed by atoms with van der Waals surface area (Å²) in [6.07, 6.45) is 10.5. The van der Waals surface area contributed by atoms with Gasteiger partial charge >= 0.3 is 0 Å². The Kier molecular flexibility index (Phi) is 6.65. The van der Waals surface area contributed by atoms with Crippen LogP contribution in [0.25, 0.3) is 6.08 Å². The number of hydrogen-bond donors (Lipinski definition) is 2. The largest absolute Gasteiger partial charge is 0.340 e. The molecule has 2 N–H and O–H groups in total. The number of aryl methyl sites for hydroxylation is 1. The van der Waals surface area contributed by atoms with Crippen molar-refractivity contribution in [2.75, 3.05) is 0 Å². The van der Waals surface area contributed by atoms with E-state index in [-0.39, 0.29) is 11.9 Å². The van der Waals surface area contributed by atoms with Crippen LogP contribution in [0.15, 0.2) is 60.7 Å². The number of rotatable bonds is 5. The molecule has 0 unspecified atom stereocenters. The third kappa shape index (κ3) is 5.00. The van der Waals surface area contributed by atoms with E-state index in [0.717, 1.165) is 48.1 Å². The number of hydrogen-bond acceptors (Lipinski definition) is 2. The van der Waals surface area contributed by atoms with Crippen molar-refractivity contribution in [3.05, 3.63) is 93.8 Å². The Balaban J connectivity index is 1.58. The molecule has 0 radical (unpaired) electrons. The molecule has 4 nitrogen and oxygen atoms in total. The summed E-state index contributed by atoms with van der Waals surface area (Å²) in [5, 5.41) is 11.3. The topological polar surface area (TPSA) is 57.8 Å². The predicted octanol–water partition coefficient (Wildman–Crippen LogP) is 5.91. The SMILES string of the molecule is O=C(N[C@H](C=Cc1cccc(Cl)c1)c1ccccc1)c1n[nH]c2c1CCCCCC2. The molecule has 1 atom stereocenters. The maximum absolute atomic E-state index is 13.2. The summed E-state index contributed by atoms with van der Waals surface area (Å²) in [6, 6.07) is 17.3. The van der Waals surface area contributed by atoms with Gasteiger partial charge in [0.25, 0.3) is 5.91 Å². The van der Waals surface area contributed by atoms with E-state index >= 15 is 0 Å². The van der Waals surface area contributed by atoms with Crippen LogP contribution in [0.4, 0.5) is 0 Å². The van der Waals surface area contributed by atoms with Gasteiger partial charge < -0.3 is 5.32 Å². The second-order valence-corrected chi connectivity index (χ2v) is 8.16. The van der Waals surface area contributed by atoms with Crippen LogP contribution in [0, 0.1) is 0 Å². The molecule has 2 aromatic carbocycles. The summed E-state index contributed by atoms with van der Waals surface area (Å²) < 4.78 is 0. The third-order valence-electron chi connectivity index (χ3n) is 5.55. The molecule has 1 heterocycles. The lowest BCUT2D eigenvalue weighted by Crippen LogP contribution is -2.28. The predicted molar refractivity (Wildman–Crippen MR) is 122 cm³/mol. The van der Waals surface area contributed by atoms with Gasteiger partial charge in [-0.15, -0.1) is 0 Å². The summed E-state index contributed by atoms with van der Waals surface area (Å²) in [5.41, 5.74) is 4.73. The van der Waals surface area contributed by atoms with Crippen molar-refractivity contribution in [2.45, 2.75) is 44.6 Å². The minimum atomic E-state index is -0.265. The van der Waals surface area contributed by atoms with Crippen molar-refractivity contribution in [2.24, 2.45) is 0 Å². The first-order valence-electron chi connectivity index (χ1n) is 10.6. The van der Waals surface area contributed by atoms with E-state index < -0.39 is 0 Å². The summed E-state index contributed by atoms with van der Waals surface area (Å²) in [6.45, 7) is 0. The number of carbonyl (C=O) groups excluding carboxylic acids is 1. The van der Waals surface area contributed by atoms with E-state index in [4.69, 9.17) is 11.6 Å². The number of nitrogens with zero attached hydrogens (tertiary/aromatic N) is 1. The molecule has 154 valence electrons. The van der Waals surface area contributed by atoms with Crippen LogP contribution in [-0.4, -0.2) is 16.1 Å². The minimum absolute atomic E-state index is 0.141. The fourth-order valence-corrected chi connectivity index (χ4v) is 4.15. The maximum Gasteiger partial charge on any atom is 0.272 e. The molecule has 1 amide bonds. The number of carbonyl (C=O) groups is 1. The molecule has 0 bridgehead atoms. The number of benzene rings is 2. The van der Waals surface area contributed by atoms with Gasteiger partial charge in [-0.3, -0.25) is 9.89 Å². The van der Waals surface area contributed by atoms with Crippen molar-refractivity contribution in [3.8, 4) is 0 Å². The highest BCUT2D eigenvalue weighted by Gasteiger charge is 2.22. The summed E-state index contributed by atoms with van der Waals surface area (Å²) in [5.74, 6) is -0.141. The molecule has 5 heteroatoms. The first-order chi connectivity index (χ1) is 14.7. The smallest absolute Gasteiger partial charge is 0.272 e. The Bertz CT molecular complexity index is 1030. The Morgan fingerprint density at radius 1 is 1.03 bits per heavy atom. The zero-order valence-electron chi connectivity index (χ0n) is 16.9. The normalized spacial score (nSPS) is 15.2. The lowest BCUT2D eigenvalue weighted by atomic mass is 9.96. The highest BCUT2D eigenvalue weighted by Crippen LogP contribution is 2.23. The second kappa shape index (κ2) is 9.77. The lowest BCUT2D eigenvalue weighted by molar-refractivity contribution is 0.0938. The average Bonchev–Trinajstić information content (AvgIpc) is 3.13. The quantitative estimate of drug-likeness (QED) is 0.540. The molecular weight excluding hydrogens is 394 g/mol. The molecule has 0 spiro atoms. The molecule has 0 aliphatic heterocycles. The van der Waals surface area contributed by atoms with Gasteiger partial charge in [0.2, 0.25) is 0 Å². The van der Waals surface area contributed by atoms with Gasteiger partial charge in [-0.2, -0.15) is 5.10 Å². The van der Waals surface area contributed by atoms with Gasteiger partial charge in [0, 0.05) is 16.3 Å². The molecule has 0 fully saturated rings. The molecule has 1 aromatic heterocycles. The molecule has 1 aliphatic carbocycles. The fourth-order valence-electron chi connectivity index (χ4n) is 3.95. The van der Waals surface area contributed by atoms with E-state index in [1.807, 2.05) is 66.7 Å². The van der Waals surface area contributed by atoms with Crippen LogP contribution in [0.2, 0.25) is 5.02 Å². The van der Waals surface area contributed by atoms with Crippen LogP contribution >= 0.6 is 11.6 Å². The molecule has 3 aromatic rings. The number of halogens is 1. The van der Waals surface area contributed by atoms with Crippen LogP contribution in [0.3, 0.4) is 0 Å². The van der Waals surface area contributed by atoms with Gasteiger partial charge in [-0.05, 0) is 48.9 Å². The van der Waals surface area contributed by atoms with Gasteiger partial charge in [0.1, 0.15) is 0 Å². The van der Waals surface area contributed by atoms with Gasteiger partial charge in [0.15, 0.2) is 5.69 Å². The average molecular weight is 420 g/mol. The zero-order valence-corrected chi connectivity index (χ0v) is 17.7. The lowest BCUT2D eigenvalue weighted by Gasteiger charge is -2.16. The molecular formula is C25H26ClN3O. The monoisotopic (exact) mass is 419 g/mol. The summed E-state index contributed by atoms with van der Waals surface area (Å²) in [7, 11) is 0. The number of aromatic amines is 1. The number of aromatic nitrogens is 2. The molecule has 1 aliphatic rings. The van der Waals surface area contributed by atoms with E-state index in [1.54, 1.807) is 0 Å². The summed E-state index contributed by atoms with van der Waals surface area (Å²) in [4.78, 5) is 13.2. The van der Waals surface area contributed by atoms with Crippen LogP contribution in [-0.2, 0) is 12.8 Å². The Morgan fingerprint density at radius 2 is 1.83 bits per heavy atom. The van der Waals surface area contributed by atoms with Crippen molar-refractivity contribution in [1.29, 1.82) is 0 Å². The van der Waals surface area contributed by atoms with E-state index in [0.29, 0.717) is 10.7 Å². The van der Waals surface area contributed by atoms with Crippen LogP contribution < -0.4 is 5.32 Å². The van der Waals surface area contributed by atoms with Crippen molar-refractivity contribution >= 4 is 23.6 Å². The Hall–Kier alpha value is -2.85. The highest BCUT2D eigenvalue weighted by molar-refractivity contribution is 6.30. The minimum Gasteiger partial charge on any atom is -0.340 e. The molecule has 4 rings (SSSR count). The van der Waals surface area contributed by atoms with E-state index in [2.05, 4.69) is 15.5 Å². The van der Waals surface area contributed by atoms with Crippen LogP contribution in [0.1, 0.15) is 64.6 Å². The summed E-state index contributed by atoms with van der Waals surface area (Å²) >= 11 is 6.11. The van der Waals surface area contributed by atoms with Crippen molar-refractivity contribution in [1.82, 2.24) is 15.5 Å².